The second kappa shape index (κ2) is 6.12. The van der Waals surface area contributed by atoms with Crippen molar-refractivity contribution in [3.05, 3.63) is 11.9 Å². The number of nitrogens with one attached hydrogen (secondary N) is 1. The van der Waals surface area contributed by atoms with Crippen LogP contribution < -0.4 is 5.32 Å². The molecule has 2 rings (SSSR count). The molecule has 96 valence electrons. The van der Waals surface area contributed by atoms with Gasteiger partial charge in [-0.1, -0.05) is 11.6 Å². The van der Waals surface area contributed by atoms with Crippen molar-refractivity contribution in [3.63, 3.8) is 0 Å². The number of aryl methyl sites for hydroxylation is 1. The van der Waals surface area contributed by atoms with Crippen molar-refractivity contribution in [2.75, 3.05) is 19.6 Å². The summed E-state index contributed by atoms with van der Waals surface area (Å²) in [6.45, 7) is 6.76. The number of rotatable bonds is 5. The van der Waals surface area contributed by atoms with Gasteiger partial charge >= 0.3 is 0 Å². The predicted octanol–water partition coefficient (Wildman–Crippen LogP) is 0.779. The number of aromatic nitrogens is 3. The Morgan fingerprint density at radius 2 is 2.12 bits per heavy atom. The minimum atomic E-state index is 0.517. The van der Waals surface area contributed by atoms with E-state index < -0.39 is 0 Å². The zero-order valence-corrected chi connectivity index (χ0v) is 10.9. The Labute approximate surface area is 103 Å². The first kappa shape index (κ1) is 12.5. The molecule has 1 aromatic rings. The molecular formula is C12H23N5. The highest BCUT2D eigenvalue weighted by atomic mass is 15.4. The Balaban J connectivity index is 1.70. The molecule has 1 unspecified atom stereocenters. The van der Waals surface area contributed by atoms with Gasteiger partial charge in [0.15, 0.2) is 0 Å². The fraction of sp³-hybridized carbons (Fsp3) is 0.833. The van der Waals surface area contributed by atoms with Gasteiger partial charge in [-0.15, -0.1) is 5.10 Å². The van der Waals surface area contributed by atoms with Crippen LogP contribution in [-0.2, 0) is 13.6 Å². The molecule has 0 aliphatic carbocycles. The largest absolute Gasteiger partial charge is 0.307 e. The average molecular weight is 237 g/mol. The molecule has 17 heavy (non-hydrogen) atoms. The number of piperidine rings is 1. The topological polar surface area (TPSA) is 46.0 Å². The summed E-state index contributed by atoms with van der Waals surface area (Å²) in [6, 6.07) is 0.517. The van der Waals surface area contributed by atoms with E-state index in [1.54, 1.807) is 0 Å². The second-order valence-electron chi connectivity index (χ2n) is 4.99. The molecule has 2 heterocycles. The summed E-state index contributed by atoms with van der Waals surface area (Å²) in [5.41, 5.74) is 1.13. The fourth-order valence-corrected chi connectivity index (χ4v) is 2.34. The van der Waals surface area contributed by atoms with Crippen LogP contribution in [0.3, 0.4) is 0 Å². The second-order valence-corrected chi connectivity index (χ2v) is 4.99. The number of hydrogen-bond donors (Lipinski definition) is 1. The molecule has 0 amide bonds. The van der Waals surface area contributed by atoms with Crippen molar-refractivity contribution in [2.24, 2.45) is 7.05 Å². The first-order valence-electron chi connectivity index (χ1n) is 6.55. The van der Waals surface area contributed by atoms with E-state index in [0.29, 0.717) is 6.04 Å². The lowest BCUT2D eigenvalue weighted by Crippen LogP contribution is -2.41. The highest BCUT2D eigenvalue weighted by molar-refractivity contribution is 4.92. The molecule has 0 spiro atoms. The van der Waals surface area contributed by atoms with E-state index >= 15 is 0 Å². The van der Waals surface area contributed by atoms with Crippen LogP contribution >= 0.6 is 0 Å². The van der Waals surface area contributed by atoms with Crippen molar-refractivity contribution < 1.29 is 0 Å². The third kappa shape index (κ3) is 3.78. The SMILES string of the molecule is CC(CN1CCCCC1)NCc1cnnn1C. The van der Waals surface area contributed by atoms with Crippen molar-refractivity contribution in [2.45, 2.75) is 38.8 Å². The lowest BCUT2D eigenvalue weighted by Gasteiger charge is -2.29. The molecule has 5 heteroatoms. The minimum Gasteiger partial charge on any atom is -0.307 e. The molecule has 0 aromatic carbocycles. The van der Waals surface area contributed by atoms with E-state index in [0.717, 1.165) is 18.8 Å². The molecular weight excluding hydrogens is 214 g/mol. The van der Waals surface area contributed by atoms with E-state index in [4.69, 9.17) is 0 Å². The molecule has 1 fully saturated rings. The monoisotopic (exact) mass is 237 g/mol. The lowest BCUT2D eigenvalue weighted by molar-refractivity contribution is 0.208. The Hall–Kier alpha value is -0.940. The quantitative estimate of drug-likeness (QED) is 0.822. The highest BCUT2D eigenvalue weighted by Gasteiger charge is 2.13. The first-order chi connectivity index (χ1) is 8.25. The molecule has 1 saturated heterocycles. The molecule has 1 aliphatic rings. The maximum Gasteiger partial charge on any atom is 0.0738 e. The maximum atomic E-state index is 3.93. The van der Waals surface area contributed by atoms with E-state index in [1.165, 1.54) is 32.4 Å². The molecule has 1 aliphatic heterocycles. The van der Waals surface area contributed by atoms with Crippen LogP contribution in [0.25, 0.3) is 0 Å². The van der Waals surface area contributed by atoms with Gasteiger partial charge < -0.3 is 10.2 Å². The Kier molecular flexibility index (Phi) is 4.50. The van der Waals surface area contributed by atoms with E-state index in [-0.39, 0.29) is 0 Å². The van der Waals surface area contributed by atoms with Gasteiger partial charge in [0, 0.05) is 26.2 Å². The zero-order valence-electron chi connectivity index (χ0n) is 10.9. The van der Waals surface area contributed by atoms with Gasteiger partial charge in [-0.2, -0.15) is 0 Å². The summed E-state index contributed by atoms with van der Waals surface area (Å²) in [7, 11) is 1.93. The molecule has 0 bridgehead atoms. The molecule has 5 nitrogen and oxygen atoms in total. The van der Waals surface area contributed by atoms with Crippen molar-refractivity contribution in [3.8, 4) is 0 Å². The fourth-order valence-electron chi connectivity index (χ4n) is 2.34. The van der Waals surface area contributed by atoms with Crippen LogP contribution in [0.15, 0.2) is 6.20 Å². The zero-order chi connectivity index (χ0) is 12.1. The first-order valence-corrected chi connectivity index (χ1v) is 6.55. The van der Waals surface area contributed by atoms with Crippen molar-refractivity contribution >= 4 is 0 Å². The van der Waals surface area contributed by atoms with Gasteiger partial charge in [-0.3, -0.25) is 4.68 Å². The Morgan fingerprint density at radius 1 is 1.35 bits per heavy atom. The highest BCUT2D eigenvalue weighted by Crippen LogP contribution is 2.08. The van der Waals surface area contributed by atoms with Gasteiger partial charge in [0.05, 0.1) is 11.9 Å². The van der Waals surface area contributed by atoms with E-state index in [9.17, 15) is 0 Å². The average Bonchev–Trinajstić information content (AvgIpc) is 2.74. The molecule has 1 aromatic heterocycles. The number of likely N-dealkylation sites (tertiary alicyclic amines) is 1. The van der Waals surface area contributed by atoms with Crippen molar-refractivity contribution in [1.29, 1.82) is 0 Å². The van der Waals surface area contributed by atoms with Crippen LogP contribution in [-0.4, -0.2) is 45.6 Å². The summed E-state index contributed by atoms with van der Waals surface area (Å²) in [6.07, 6.45) is 5.94. The summed E-state index contributed by atoms with van der Waals surface area (Å²) in [5.74, 6) is 0. The summed E-state index contributed by atoms with van der Waals surface area (Å²) >= 11 is 0. The molecule has 1 N–H and O–H groups in total. The third-order valence-electron chi connectivity index (χ3n) is 3.42. The molecule has 0 radical (unpaired) electrons. The standard InChI is InChI=1S/C12H23N5/c1-11(10-17-6-4-3-5-7-17)13-8-12-9-14-15-16(12)2/h9,11,13H,3-8,10H2,1-2H3. The number of nitrogens with zero attached hydrogens (tertiary/aromatic N) is 4. The Bertz CT molecular complexity index is 329. The van der Waals surface area contributed by atoms with Gasteiger partial charge in [0.2, 0.25) is 0 Å². The summed E-state index contributed by atoms with van der Waals surface area (Å²) in [4.78, 5) is 2.56. The summed E-state index contributed by atoms with van der Waals surface area (Å²) < 4.78 is 1.82. The summed E-state index contributed by atoms with van der Waals surface area (Å²) in [5, 5.41) is 11.3. The van der Waals surface area contributed by atoms with Gasteiger partial charge in [-0.05, 0) is 32.9 Å². The van der Waals surface area contributed by atoms with Crippen LogP contribution in [0.4, 0.5) is 0 Å². The Morgan fingerprint density at radius 3 is 2.76 bits per heavy atom. The normalized spacial score (nSPS) is 19.4. The van der Waals surface area contributed by atoms with E-state index in [2.05, 4.69) is 27.5 Å². The van der Waals surface area contributed by atoms with Crippen LogP contribution in [0.1, 0.15) is 31.9 Å². The van der Waals surface area contributed by atoms with Crippen LogP contribution in [0.2, 0.25) is 0 Å². The smallest absolute Gasteiger partial charge is 0.0738 e. The van der Waals surface area contributed by atoms with Gasteiger partial charge in [-0.25, -0.2) is 0 Å². The molecule has 0 saturated carbocycles. The lowest BCUT2D eigenvalue weighted by atomic mass is 10.1. The van der Waals surface area contributed by atoms with E-state index in [1.807, 2.05) is 17.9 Å². The van der Waals surface area contributed by atoms with Crippen LogP contribution in [0, 0.1) is 0 Å². The predicted molar refractivity (Wildman–Crippen MR) is 67.6 cm³/mol. The van der Waals surface area contributed by atoms with Gasteiger partial charge in [0.1, 0.15) is 0 Å². The molecule has 1 atom stereocenters. The van der Waals surface area contributed by atoms with Crippen molar-refractivity contribution in [1.82, 2.24) is 25.2 Å². The van der Waals surface area contributed by atoms with Gasteiger partial charge in [0.25, 0.3) is 0 Å². The third-order valence-corrected chi connectivity index (χ3v) is 3.42. The minimum absolute atomic E-state index is 0.517. The number of hydrogen-bond acceptors (Lipinski definition) is 4. The maximum absolute atomic E-state index is 3.93. The van der Waals surface area contributed by atoms with Crippen LogP contribution in [0.5, 0.6) is 0 Å².